The Kier molecular flexibility index (Phi) is 4.86. The summed E-state index contributed by atoms with van der Waals surface area (Å²) >= 11 is 0. The first-order valence-corrected chi connectivity index (χ1v) is 7.07. The number of methoxy groups -OCH3 is 2. The zero-order chi connectivity index (χ0) is 15.4. The van der Waals surface area contributed by atoms with Gasteiger partial charge in [0.05, 0.1) is 14.2 Å². The Labute approximate surface area is 126 Å². The van der Waals surface area contributed by atoms with Crippen LogP contribution >= 0.6 is 0 Å². The van der Waals surface area contributed by atoms with Crippen molar-refractivity contribution in [2.24, 2.45) is 0 Å². The number of aliphatic hydroxyl groups is 1. The van der Waals surface area contributed by atoms with Crippen LogP contribution in [0.15, 0.2) is 42.5 Å². The van der Waals surface area contributed by atoms with E-state index in [0.717, 1.165) is 5.56 Å². The second-order valence-electron chi connectivity index (χ2n) is 5.31. The molecule has 2 aromatic rings. The Morgan fingerprint density at radius 1 is 0.857 bits per heavy atom. The Bertz CT molecular complexity index is 588. The number of aliphatic hydroxyl groups excluding tert-OH is 1. The average molecular weight is 286 g/mol. The fourth-order valence-electron chi connectivity index (χ4n) is 2.37. The Morgan fingerprint density at radius 3 is 2.00 bits per heavy atom. The number of rotatable bonds is 5. The molecule has 0 fully saturated rings. The minimum atomic E-state index is -0.740. The van der Waals surface area contributed by atoms with Gasteiger partial charge in [-0.3, -0.25) is 0 Å². The lowest BCUT2D eigenvalue weighted by Crippen LogP contribution is -2.04. The summed E-state index contributed by atoms with van der Waals surface area (Å²) in [5.74, 6) is 1.66. The SMILES string of the molecule is COc1cccc(C(O)c2ccc(C(C)C)cc2)c1OC. The van der Waals surface area contributed by atoms with Gasteiger partial charge in [-0.15, -0.1) is 0 Å². The van der Waals surface area contributed by atoms with Crippen molar-refractivity contribution in [3.63, 3.8) is 0 Å². The van der Waals surface area contributed by atoms with Crippen LogP contribution < -0.4 is 9.47 Å². The Balaban J connectivity index is 2.37. The van der Waals surface area contributed by atoms with Crippen LogP contribution in [-0.4, -0.2) is 19.3 Å². The molecule has 0 bridgehead atoms. The van der Waals surface area contributed by atoms with E-state index in [1.807, 2.05) is 30.3 Å². The van der Waals surface area contributed by atoms with Crippen LogP contribution in [0.25, 0.3) is 0 Å². The summed E-state index contributed by atoms with van der Waals surface area (Å²) in [5.41, 5.74) is 2.80. The normalized spacial score (nSPS) is 12.3. The standard InChI is InChI=1S/C18H22O3/c1-12(2)13-8-10-14(11-9-13)17(19)15-6-5-7-16(20-3)18(15)21-4/h5-12,17,19H,1-4H3. The molecule has 1 atom stereocenters. The number of para-hydroxylation sites is 1. The fourth-order valence-corrected chi connectivity index (χ4v) is 2.37. The van der Waals surface area contributed by atoms with E-state index < -0.39 is 6.10 Å². The van der Waals surface area contributed by atoms with Gasteiger partial charge in [-0.25, -0.2) is 0 Å². The number of benzene rings is 2. The largest absolute Gasteiger partial charge is 0.493 e. The van der Waals surface area contributed by atoms with Crippen LogP contribution in [0.5, 0.6) is 11.5 Å². The van der Waals surface area contributed by atoms with Crippen molar-refractivity contribution in [1.29, 1.82) is 0 Å². The molecule has 21 heavy (non-hydrogen) atoms. The first-order valence-electron chi connectivity index (χ1n) is 7.07. The fraction of sp³-hybridized carbons (Fsp3) is 0.333. The monoisotopic (exact) mass is 286 g/mol. The topological polar surface area (TPSA) is 38.7 Å². The molecular weight excluding hydrogens is 264 g/mol. The molecule has 0 radical (unpaired) electrons. The Morgan fingerprint density at radius 2 is 1.48 bits per heavy atom. The quantitative estimate of drug-likeness (QED) is 0.905. The number of ether oxygens (including phenoxy) is 2. The summed E-state index contributed by atoms with van der Waals surface area (Å²) in [5, 5.41) is 10.6. The van der Waals surface area contributed by atoms with Crippen molar-refractivity contribution in [3.05, 3.63) is 59.2 Å². The lowest BCUT2D eigenvalue weighted by Gasteiger charge is -2.18. The molecule has 0 aliphatic heterocycles. The minimum Gasteiger partial charge on any atom is -0.493 e. The second kappa shape index (κ2) is 6.64. The van der Waals surface area contributed by atoms with E-state index >= 15 is 0 Å². The zero-order valence-electron chi connectivity index (χ0n) is 13.0. The van der Waals surface area contributed by atoms with E-state index in [4.69, 9.17) is 9.47 Å². The van der Waals surface area contributed by atoms with Crippen molar-refractivity contribution >= 4 is 0 Å². The maximum atomic E-state index is 10.6. The molecule has 0 spiro atoms. The molecule has 3 heteroatoms. The summed E-state index contributed by atoms with van der Waals surface area (Å²) in [6.45, 7) is 4.30. The summed E-state index contributed by atoms with van der Waals surface area (Å²) in [6, 6.07) is 13.5. The van der Waals surface area contributed by atoms with E-state index in [-0.39, 0.29) is 0 Å². The zero-order valence-corrected chi connectivity index (χ0v) is 13.0. The predicted molar refractivity (Wildman–Crippen MR) is 84.1 cm³/mol. The van der Waals surface area contributed by atoms with Gasteiger partial charge in [0.25, 0.3) is 0 Å². The summed E-state index contributed by atoms with van der Waals surface area (Å²) in [7, 11) is 3.17. The molecule has 0 aliphatic rings. The minimum absolute atomic E-state index is 0.475. The summed E-state index contributed by atoms with van der Waals surface area (Å²) < 4.78 is 10.7. The first-order chi connectivity index (χ1) is 10.1. The highest BCUT2D eigenvalue weighted by Gasteiger charge is 2.18. The molecule has 0 aromatic heterocycles. The van der Waals surface area contributed by atoms with Crippen molar-refractivity contribution in [2.45, 2.75) is 25.9 Å². The van der Waals surface area contributed by atoms with E-state index in [1.165, 1.54) is 5.56 Å². The van der Waals surface area contributed by atoms with Crippen LogP contribution in [0.3, 0.4) is 0 Å². The third-order valence-corrected chi connectivity index (χ3v) is 3.65. The van der Waals surface area contributed by atoms with Crippen molar-refractivity contribution in [1.82, 2.24) is 0 Å². The molecular formula is C18H22O3. The molecule has 0 saturated carbocycles. The summed E-state index contributed by atoms with van der Waals surface area (Å²) in [4.78, 5) is 0. The van der Waals surface area contributed by atoms with Crippen LogP contribution in [-0.2, 0) is 0 Å². The highest BCUT2D eigenvalue weighted by molar-refractivity contribution is 5.50. The third kappa shape index (κ3) is 3.19. The van der Waals surface area contributed by atoms with Gasteiger partial charge in [-0.2, -0.15) is 0 Å². The van der Waals surface area contributed by atoms with Crippen LogP contribution in [0, 0.1) is 0 Å². The van der Waals surface area contributed by atoms with Crippen molar-refractivity contribution < 1.29 is 14.6 Å². The summed E-state index contributed by atoms with van der Waals surface area (Å²) in [6.07, 6.45) is -0.740. The lowest BCUT2D eigenvalue weighted by molar-refractivity contribution is 0.213. The van der Waals surface area contributed by atoms with Crippen molar-refractivity contribution in [3.8, 4) is 11.5 Å². The second-order valence-corrected chi connectivity index (χ2v) is 5.31. The predicted octanol–water partition coefficient (Wildman–Crippen LogP) is 3.91. The Hall–Kier alpha value is -2.00. The lowest BCUT2D eigenvalue weighted by atomic mass is 9.96. The molecule has 0 aliphatic carbocycles. The van der Waals surface area contributed by atoms with Gasteiger partial charge >= 0.3 is 0 Å². The number of hydrogen-bond donors (Lipinski definition) is 1. The smallest absolute Gasteiger partial charge is 0.166 e. The molecule has 1 N–H and O–H groups in total. The molecule has 1 unspecified atom stereocenters. The van der Waals surface area contributed by atoms with Crippen LogP contribution in [0.1, 0.15) is 42.6 Å². The van der Waals surface area contributed by atoms with Crippen LogP contribution in [0.2, 0.25) is 0 Å². The van der Waals surface area contributed by atoms with Gasteiger partial charge in [-0.05, 0) is 23.1 Å². The molecule has 3 nitrogen and oxygen atoms in total. The van der Waals surface area contributed by atoms with Gasteiger partial charge in [0.1, 0.15) is 6.10 Å². The molecule has 0 saturated heterocycles. The number of hydrogen-bond acceptors (Lipinski definition) is 3. The molecule has 2 aromatic carbocycles. The van der Waals surface area contributed by atoms with Gasteiger partial charge in [0.2, 0.25) is 0 Å². The average Bonchev–Trinajstić information content (AvgIpc) is 2.53. The first kappa shape index (κ1) is 15.4. The van der Waals surface area contributed by atoms with E-state index in [1.54, 1.807) is 14.2 Å². The van der Waals surface area contributed by atoms with Gasteiger partial charge in [0, 0.05) is 5.56 Å². The molecule has 0 heterocycles. The maximum absolute atomic E-state index is 10.6. The van der Waals surface area contributed by atoms with E-state index in [2.05, 4.69) is 26.0 Å². The van der Waals surface area contributed by atoms with Crippen LogP contribution in [0.4, 0.5) is 0 Å². The highest BCUT2D eigenvalue weighted by Crippen LogP contribution is 2.37. The molecule has 2 rings (SSSR count). The van der Waals surface area contributed by atoms with Gasteiger partial charge in [-0.1, -0.05) is 50.2 Å². The van der Waals surface area contributed by atoms with E-state index in [9.17, 15) is 5.11 Å². The maximum Gasteiger partial charge on any atom is 0.166 e. The molecule has 0 amide bonds. The highest BCUT2D eigenvalue weighted by atomic mass is 16.5. The third-order valence-electron chi connectivity index (χ3n) is 3.65. The molecule has 112 valence electrons. The van der Waals surface area contributed by atoms with Gasteiger partial charge < -0.3 is 14.6 Å². The van der Waals surface area contributed by atoms with Crippen molar-refractivity contribution in [2.75, 3.05) is 14.2 Å². The van der Waals surface area contributed by atoms with E-state index in [0.29, 0.717) is 23.0 Å². The van der Waals surface area contributed by atoms with Gasteiger partial charge in [0.15, 0.2) is 11.5 Å².